The van der Waals surface area contributed by atoms with E-state index in [1.807, 2.05) is 0 Å². The third kappa shape index (κ3) is 2.69. The van der Waals surface area contributed by atoms with Crippen LogP contribution in [0.5, 0.6) is 0 Å². The van der Waals surface area contributed by atoms with E-state index in [-0.39, 0.29) is 0 Å². The van der Waals surface area contributed by atoms with Crippen LogP contribution in [0.25, 0.3) is 0 Å². The van der Waals surface area contributed by atoms with E-state index in [1.165, 1.54) is 4.90 Å². The SMILES string of the molecule is CN(C)C(=O)OC1=CC=CN(C)/C1=C\N=O. The van der Waals surface area contributed by atoms with Gasteiger partial charge in [0, 0.05) is 27.3 Å². The van der Waals surface area contributed by atoms with E-state index in [4.69, 9.17) is 4.74 Å². The van der Waals surface area contributed by atoms with Crippen LogP contribution >= 0.6 is 0 Å². The second kappa shape index (κ2) is 5.11. The molecule has 1 aliphatic heterocycles. The molecule has 1 heterocycles. The smallest absolute Gasteiger partial charge is 0.408 e. The van der Waals surface area contributed by atoms with Gasteiger partial charge in [0.2, 0.25) is 0 Å². The summed E-state index contributed by atoms with van der Waals surface area (Å²) in [4.78, 5) is 24.5. The zero-order valence-corrected chi connectivity index (χ0v) is 9.38. The van der Waals surface area contributed by atoms with Crippen LogP contribution in [0, 0.1) is 4.91 Å². The molecule has 0 bridgehead atoms. The Hall–Kier alpha value is -2.11. The van der Waals surface area contributed by atoms with Crippen LogP contribution in [0.15, 0.2) is 41.2 Å². The maximum absolute atomic E-state index is 11.4. The van der Waals surface area contributed by atoms with Gasteiger partial charge >= 0.3 is 6.09 Å². The van der Waals surface area contributed by atoms with Crippen molar-refractivity contribution in [2.45, 2.75) is 0 Å². The fourth-order valence-electron chi connectivity index (χ4n) is 1.08. The standard InChI is InChI=1S/C10H13N3O3/c1-12(2)10(14)16-9-5-4-6-13(3)8(9)7-11-15/h4-7H,1-3H3/b8-7-. The second-order valence-corrected chi connectivity index (χ2v) is 3.37. The zero-order chi connectivity index (χ0) is 12.1. The first-order valence-electron chi connectivity index (χ1n) is 4.59. The van der Waals surface area contributed by atoms with Gasteiger partial charge in [-0.15, -0.1) is 4.91 Å². The van der Waals surface area contributed by atoms with Crippen molar-refractivity contribution in [2.24, 2.45) is 5.18 Å². The molecular formula is C10H13N3O3. The number of ether oxygens (including phenoxy) is 1. The number of carbonyl (C=O) groups excluding carboxylic acids is 1. The topological polar surface area (TPSA) is 62.2 Å². The Morgan fingerprint density at radius 3 is 2.81 bits per heavy atom. The van der Waals surface area contributed by atoms with Crippen LogP contribution in [-0.4, -0.2) is 37.0 Å². The molecule has 0 saturated heterocycles. The predicted octanol–water partition coefficient (Wildman–Crippen LogP) is 1.64. The van der Waals surface area contributed by atoms with Crippen LogP contribution in [0.3, 0.4) is 0 Å². The molecule has 0 fully saturated rings. The molecule has 0 atom stereocenters. The maximum Gasteiger partial charge on any atom is 0.414 e. The lowest BCUT2D eigenvalue weighted by atomic mass is 10.2. The minimum Gasteiger partial charge on any atom is -0.408 e. The molecule has 0 unspecified atom stereocenters. The molecule has 1 rings (SSSR count). The van der Waals surface area contributed by atoms with E-state index in [2.05, 4.69) is 5.18 Å². The van der Waals surface area contributed by atoms with Gasteiger partial charge in [0.1, 0.15) is 5.70 Å². The average molecular weight is 223 g/mol. The van der Waals surface area contributed by atoms with E-state index in [0.29, 0.717) is 11.5 Å². The molecule has 0 aromatic rings. The minimum atomic E-state index is -0.508. The van der Waals surface area contributed by atoms with Gasteiger partial charge < -0.3 is 14.5 Å². The third-order valence-electron chi connectivity index (χ3n) is 1.93. The maximum atomic E-state index is 11.4. The predicted molar refractivity (Wildman–Crippen MR) is 59.0 cm³/mol. The first kappa shape index (κ1) is 12.0. The van der Waals surface area contributed by atoms with Crippen molar-refractivity contribution in [3.8, 4) is 0 Å². The van der Waals surface area contributed by atoms with Crippen LogP contribution in [0.1, 0.15) is 0 Å². The number of nitrogens with zero attached hydrogens (tertiary/aromatic N) is 3. The van der Waals surface area contributed by atoms with E-state index in [9.17, 15) is 9.70 Å². The van der Waals surface area contributed by atoms with Crippen molar-refractivity contribution in [3.05, 3.63) is 40.9 Å². The quantitative estimate of drug-likeness (QED) is 0.667. The van der Waals surface area contributed by atoms with Crippen LogP contribution in [0.4, 0.5) is 4.79 Å². The molecule has 16 heavy (non-hydrogen) atoms. The fraction of sp³-hybridized carbons (Fsp3) is 0.300. The molecule has 6 nitrogen and oxygen atoms in total. The van der Waals surface area contributed by atoms with Crippen molar-refractivity contribution in [3.63, 3.8) is 0 Å². The highest BCUT2D eigenvalue weighted by molar-refractivity contribution is 5.69. The van der Waals surface area contributed by atoms with Gasteiger partial charge in [-0.2, -0.15) is 0 Å². The Morgan fingerprint density at radius 2 is 2.25 bits per heavy atom. The monoisotopic (exact) mass is 223 g/mol. The molecule has 1 amide bonds. The Balaban J connectivity index is 2.88. The van der Waals surface area contributed by atoms with Crippen molar-refractivity contribution in [1.82, 2.24) is 9.80 Å². The van der Waals surface area contributed by atoms with Crippen molar-refractivity contribution in [1.29, 1.82) is 0 Å². The van der Waals surface area contributed by atoms with Crippen molar-refractivity contribution >= 4 is 6.09 Å². The molecule has 0 N–H and O–H groups in total. The molecule has 0 radical (unpaired) electrons. The molecule has 1 aliphatic rings. The summed E-state index contributed by atoms with van der Waals surface area (Å²) >= 11 is 0. The summed E-state index contributed by atoms with van der Waals surface area (Å²) in [7, 11) is 4.88. The van der Waals surface area contributed by atoms with Gasteiger partial charge in [-0.25, -0.2) is 4.79 Å². The van der Waals surface area contributed by atoms with Crippen LogP contribution in [-0.2, 0) is 4.74 Å². The summed E-state index contributed by atoms with van der Waals surface area (Å²) in [6.45, 7) is 0. The van der Waals surface area contributed by atoms with E-state index < -0.39 is 6.09 Å². The summed E-state index contributed by atoms with van der Waals surface area (Å²) in [5.74, 6) is 0.295. The molecule has 86 valence electrons. The molecule has 0 saturated carbocycles. The van der Waals surface area contributed by atoms with E-state index >= 15 is 0 Å². The molecule has 0 aliphatic carbocycles. The van der Waals surface area contributed by atoms with Gasteiger partial charge in [-0.1, -0.05) is 0 Å². The second-order valence-electron chi connectivity index (χ2n) is 3.37. The number of amides is 1. The van der Waals surface area contributed by atoms with Gasteiger partial charge in [0.05, 0.1) is 6.20 Å². The van der Waals surface area contributed by atoms with Crippen molar-refractivity contribution in [2.75, 3.05) is 21.1 Å². The number of nitroso groups, excluding NO2 is 1. The highest BCUT2D eigenvalue weighted by Crippen LogP contribution is 2.20. The lowest BCUT2D eigenvalue weighted by Gasteiger charge is -2.23. The Morgan fingerprint density at radius 1 is 1.56 bits per heavy atom. The first-order valence-corrected chi connectivity index (χ1v) is 4.59. The Kier molecular flexibility index (Phi) is 3.82. The van der Waals surface area contributed by atoms with Gasteiger partial charge in [-0.05, 0) is 17.3 Å². The summed E-state index contributed by atoms with van der Waals surface area (Å²) in [6.07, 6.45) is 5.62. The number of rotatable bonds is 2. The number of likely N-dealkylation sites (N-methyl/N-ethyl adjacent to an activating group) is 1. The Labute approximate surface area is 93.4 Å². The molecule has 0 aromatic heterocycles. The fourth-order valence-corrected chi connectivity index (χ4v) is 1.08. The van der Waals surface area contributed by atoms with Gasteiger partial charge in [0.15, 0.2) is 5.76 Å². The van der Waals surface area contributed by atoms with E-state index in [0.717, 1.165) is 6.20 Å². The molecule has 6 heteroatoms. The van der Waals surface area contributed by atoms with E-state index in [1.54, 1.807) is 44.4 Å². The normalized spacial score (nSPS) is 17.1. The third-order valence-corrected chi connectivity index (χ3v) is 1.93. The first-order chi connectivity index (χ1) is 7.56. The highest BCUT2D eigenvalue weighted by atomic mass is 16.6. The van der Waals surface area contributed by atoms with Gasteiger partial charge in [-0.3, -0.25) is 0 Å². The van der Waals surface area contributed by atoms with Crippen LogP contribution in [0.2, 0.25) is 0 Å². The summed E-state index contributed by atoms with van der Waals surface area (Å²) in [5, 5.41) is 2.68. The molecule has 0 aromatic carbocycles. The lowest BCUT2D eigenvalue weighted by Crippen LogP contribution is -2.25. The number of hydrogen-bond donors (Lipinski definition) is 0. The minimum absolute atomic E-state index is 0.295. The zero-order valence-electron chi connectivity index (χ0n) is 9.38. The lowest BCUT2D eigenvalue weighted by molar-refractivity contribution is 0.145. The average Bonchev–Trinajstić information content (AvgIpc) is 2.23. The largest absolute Gasteiger partial charge is 0.414 e. The summed E-state index contributed by atoms with van der Waals surface area (Å²) in [5.41, 5.74) is 0.438. The van der Waals surface area contributed by atoms with Gasteiger partial charge in [0.25, 0.3) is 0 Å². The number of carbonyl (C=O) groups is 1. The molecule has 0 spiro atoms. The van der Waals surface area contributed by atoms with Crippen LogP contribution < -0.4 is 0 Å². The van der Waals surface area contributed by atoms with Crippen molar-refractivity contribution < 1.29 is 9.53 Å². The summed E-state index contributed by atoms with van der Waals surface area (Å²) in [6, 6.07) is 0. The molecular weight excluding hydrogens is 210 g/mol. The Bertz CT molecular complexity index is 383. The summed E-state index contributed by atoms with van der Waals surface area (Å²) < 4.78 is 5.08. The number of hydrogen-bond acceptors (Lipinski definition) is 5. The number of allylic oxidation sites excluding steroid dienone is 2. The highest BCUT2D eigenvalue weighted by Gasteiger charge is 2.17.